The maximum atomic E-state index is 12.6. The minimum Gasteiger partial charge on any atom is -0.269 e. The molecule has 2 rings (SSSR count). The number of sulfonamides is 1. The normalized spacial score (nSPS) is 11.3. The highest BCUT2D eigenvalue weighted by Crippen LogP contribution is 2.24. The molecule has 0 heterocycles. The lowest BCUT2D eigenvalue weighted by Gasteiger charge is -2.20. The van der Waals surface area contributed by atoms with Crippen LogP contribution in [-0.4, -0.2) is 15.5 Å². The van der Waals surface area contributed by atoms with E-state index in [0.29, 0.717) is 10.6 Å². The molecule has 4 heteroatoms. The summed E-state index contributed by atoms with van der Waals surface area (Å²) >= 11 is 0. The standard InChI is InChI=1S/C15H17NO2S/c1-12-8-10-14(11-9-12)16(3)19(17,18)15-7-5-4-6-13(15)2/h4-11H,1-3H3. The van der Waals surface area contributed by atoms with Gasteiger partial charge in [-0.3, -0.25) is 4.31 Å². The molecule has 2 aromatic carbocycles. The van der Waals surface area contributed by atoms with Crippen LogP contribution in [0.5, 0.6) is 0 Å². The van der Waals surface area contributed by atoms with Gasteiger partial charge in [-0.05, 0) is 37.6 Å². The monoisotopic (exact) mass is 275 g/mol. The number of rotatable bonds is 3. The average Bonchev–Trinajstić information content (AvgIpc) is 2.39. The first-order chi connectivity index (χ1) is 8.93. The SMILES string of the molecule is Cc1ccc(N(C)S(=O)(=O)c2ccccc2C)cc1. The van der Waals surface area contributed by atoms with E-state index in [1.54, 1.807) is 32.2 Å². The minimum atomic E-state index is -3.50. The van der Waals surface area contributed by atoms with Crippen molar-refractivity contribution in [3.8, 4) is 0 Å². The summed E-state index contributed by atoms with van der Waals surface area (Å²) in [5.41, 5.74) is 2.51. The highest BCUT2D eigenvalue weighted by molar-refractivity contribution is 7.92. The Kier molecular flexibility index (Phi) is 3.62. The summed E-state index contributed by atoms with van der Waals surface area (Å²) in [4.78, 5) is 0.345. The van der Waals surface area contributed by atoms with Crippen molar-refractivity contribution in [3.05, 3.63) is 59.7 Å². The molecule has 0 saturated carbocycles. The van der Waals surface area contributed by atoms with Gasteiger partial charge in [0.2, 0.25) is 0 Å². The van der Waals surface area contributed by atoms with E-state index in [4.69, 9.17) is 0 Å². The van der Waals surface area contributed by atoms with Gasteiger partial charge in [0.1, 0.15) is 0 Å². The van der Waals surface area contributed by atoms with Crippen LogP contribution >= 0.6 is 0 Å². The number of hydrogen-bond donors (Lipinski definition) is 0. The van der Waals surface area contributed by atoms with E-state index in [1.807, 2.05) is 37.3 Å². The molecule has 0 aliphatic carbocycles. The van der Waals surface area contributed by atoms with Gasteiger partial charge in [-0.15, -0.1) is 0 Å². The molecule has 0 bridgehead atoms. The third-order valence-electron chi connectivity index (χ3n) is 3.13. The average molecular weight is 275 g/mol. The zero-order valence-corrected chi connectivity index (χ0v) is 12.1. The highest BCUT2D eigenvalue weighted by atomic mass is 32.2. The fraction of sp³-hybridized carbons (Fsp3) is 0.200. The van der Waals surface area contributed by atoms with Crippen molar-refractivity contribution in [2.75, 3.05) is 11.4 Å². The number of benzene rings is 2. The zero-order valence-electron chi connectivity index (χ0n) is 11.3. The summed E-state index contributed by atoms with van der Waals surface area (Å²) < 4.78 is 26.4. The molecule has 0 atom stereocenters. The number of hydrogen-bond acceptors (Lipinski definition) is 2. The molecule has 0 spiro atoms. The topological polar surface area (TPSA) is 37.4 Å². The Hall–Kier alpha value is -1.81. The van der Waals surface area contributed by atoms with Gasteiger partial charge in [0, 0.05) is 7.05 Å². The van der Waals surface area contributed by atoms with Gasteiger partial charge in [-0.1, -0.05) is 35.9 Å². The van der Waals surface area contributed by atoms with Gasteiger partial charge in [-0.2, -0.15) is 0 Å². The van der Waals surface area contributed by atoms with Gasteiger partial charge < -0.3 is 0 Å². The molecule has 0 saturated heterocycles. The lowest BCUT2D eigenvalue weighted by atomic mass is 10.2. The van der Waals surface area contributed by atoms with Gasteiger partial charge in [0.15, 0.2) is 0 Å². The number of nitrogens with zero attached hydrogens (tertiary/aromatic N) is 1. The van der Waals surface area contributed by atoms with Crippen LogP contribution in [0.4, 0.5) is 5.69 Å². The van der Waals surface area contributed by atoms with Crippen molar-refractivity contribution in [1.29, 1.82) is 0 Å². The van der Waals surface area contributed by atoms with E-state index < -0.39 is 10.0 Å². The number of aryl methyl sites for hydroxylation is 2. The van der Waals surface area contributed by atoms with Crippen LogP contribution in [-0.2, 0) is 10.0 Å². The maximum absolute atomic E-state index is 12.6. The zero-order chi connectivity index (χ0) is 14.0. The van der Waals surface area contributed by atoms with Crippen molar-refractivity contribution in [2.45, 2.75) is 18.7 Å². The lowest BCUT2D eigenvalue weighted by molar-refractivity contribution is 0.594. The van der Waals surface area contributed by atoms with Crippen LogP contribution in [0.25, 0.3) is 0 Å². The van der Waals surface area contributed by atoms with Crippen molar-refractivity contribution < 1.29 is 8.42 Å². The summed E-state index contributed by atoms with van der Waals surface area (Å²) in [6.45, 7) is 3.77. The van der Waals surface area contributed by atoms with Crippen LogP contribution in [0.2, 0.25) is 0 Å². The van der Waals surface area contributed by atoms with Crippen molar-refractivity contribution in [3.63, 3.8) is 0 Å². The molecular weight excluding hydrogens is 258 g/mol. The summed E-state index contributed by atoms with van der Waals surface area (Å²) in [5, 5.41) is 0. The Morgan fingerprint density at radius 2 is 1.47 bits per heavy atom. The van der Waals surface area contributed by atoms with E-state index in [0.717, 1.165) is 11.1 Å². The third kappa shape index (κ3) is 2.63. The first kappa shape index (κ1) is 13.6. The van der Waals surface area contributed by atoms with Gasteiger partial charge in [0.05, 0.1) is 10.6 Å². The summed E-state index contributed by atoms with van der Waals surface area (Å²) in [5.74, 6) is 0. The van der Waals surface area contributed by atoms with Crippen LogP contribution < -0.4 is 4.31 Å². The lowest BCUT2D eigenvalue weighted by Crippen LogP contribution is -2.27. The predicted molar refractivity (Wildman–Crippen MR) is 77.9 cm³/mol. The van der Waals surface area contributed by atoms with Crippen molar-refractivity contribution >= 4 is 15.7 Å². The fourth-order valence-electron chi connectivity index (χ4n) is 1.89. The largest absolute Gasteiger partial charge is 0.269 e. The number of anilines is 1. The fourth-order valence-corrected chi connectivity index (χ4v) is 3.31. The molecule has 0 fully saturated rings. The van der Waals surface area contributed by atoms with E-state index in [-0.39, 0.29) is 0 Å². The highest BCUT2D eigenvalue weighted by Gasteiger charge is 2.22. The molecule has 0 radical (unpaired) electrons. The molecule has 0 unspecified atom stereocenters. The Balaban J connectivity index is 2.45. The minimum absolute atomic E-state index is 0.345. The molecule has 0 N–H and O–H groups in total. The summed E-state index contributed by atoms with van der Waals surface area (Å²) in [7, 11) is -1.93. The predicted octanol–water partition coefficient (Wildman–Crippen LogP) is 3.13. The Labute approximate surface area is 114 Å². The van der Waals surface area contributed by atoms with Crippen LogP contribution in [0.15, 0.2) is 53.4 Å². The molecule has 0 amide bonds. The second-order valence-electron chi connectivity index (χ2n) is 4.57. The maximum Gasteiger partial charge on any atom is 0.264 e. The van der Waals surface area contributed by atoms with Crippen molar-refractivity contribution in [1.82, 2.24) is 0 Å². The van der Waals surface area contributed by atoms with Crippen LogP contribution in [0.3, 0.4) is 0 Å². The second kappa shape index (κ2) is 5.05. The van der Waals surface area contributed by atoms with Gasteiger partial charge >= 0.3 is 0 Å². The summed E-state index contributed by atoms with van der Waals surface area (Å²) in [6.07, 6.45) is 0. The van der Waals surface area contributed by atoms with Crippen LogP contribution in [0, 0.1) is 13.8 Å². The Morgan fingerprint density at radius 1 is 0.895 bits per heavy atom. The Bertz CT molecular complexity index is 676. The quantitative estimate of drug-likeness (QED) is 0.863. The van der Waals surface area contributed by atoms with Crippen LogP contribution in [0.1, 0.15) is 11.1 Å². The van der Waals surface area contributed by atoms with Gasteiger partial charge in [-0.25, -0.2) is 8.42 Å². The third-order valence-corrected chi connectivity index (χ3v) is 5.08. The molecule has 0 aromatic heterocycles. The molecular formula is C15H17NO2S. The summed E-state index contributed by atoms with van der Waals surface area (Å²) in [6, 6.07) is 14.4. The van der Waals surface area contributed by atoms with E-state index in [9.17, 15) is 8.42 Å². The molecule has 19 heavy (non-hydrogen) atoms. The molecule has 0 aliphatic heterocycles. The van der Waals surface area contributed by atoms with Crippen molar-refractivity contribution in [2.24, 2.45) is 0 Å². The Morgan fingerprint density at radius 3 is 2.05 bits per heavy atom. The first-order valence-electron chi connectivity index (χ1n) is 6.04. The second-order valence-corrected chi connectivity index (χ2v) is 6.51. The molecule has 3 nitrogen and oxygen atoms in total. The molecule has 0 aliphatic rings. The van der Waals surface area contributed by atoms with E-state index >= 15 is 0 Å². The van der Waals surface area contributed by atoms with E-state index in [2.05, 4.69) is 0 Å². The first-order valence-corrected chi connectivity index (χ1v) is 7.48. The molecule has 100 valence electrons. The van der Waals surface area contributed by atoms with E-state index in [1.165, 1.54) is 4.31 Å². The molecule has 2 aromatic rings. The van der Waals surface area contributed by atoms with Gasteiger partial charge in [0.25, 0.3) is 10.0 Å². The smallest absolute Gasteiger partial charge is 0.264 e.